The zero-order valence-electron chi connectivity index (χ0n) is 18.6. The van der Waals surface area contributed by atoms with Crippen LogP contribution < -0.4 is 10.1 Å². The van der Waals surface area contributed by atoms with E-state index >= 15 is 0 Å². The molecule has 1 aromatic rings. The zero-order valence-corrected chi connectivity index (χ0v) is 19.4. The molecule has 30 heavy (non-hydrogen) atoms. The first-order chi connectivity index (χ1) is 14.2. The lowest BCUT2D eigenvalue weighted by molar-refractivity contribution is 0.0530. The minimum atomic E-state index is -3.09. The number of hydrogen-bond donors (Lipinski definition) is 1. The maximum absolute atomic E-state index is 12.4. The summed E-state index contributed by atoms with van der Waals surface area (Å²) >= 11 is 0. The molecule has 8 heteroatoms. The Bertz CT molecular complexity index is 844. The minimum absolute atomic E-state index is 0.0947. The number of guanidine groups is 1. The second kappa shape index (κ2) is 9.14. The highest BCUT2D eigenvalue weighted by atomic mass is 32.2. The summed E-state index contributed by atoms with van der Waals surface area (Å²) in [5.41, 5.74) is 1.15. The highest BCUT2D eigenvalue weighted by Gasteiger charge is 2.41. The standard InChI is InChI=1S/C22H35N3O4S/c1-5-23-20(25-12-15-30(26,27)21(2,3)17-25)24-16-22(10-13-29-14-11-22)18-6-8-19(28-4)9-7-18/h6-9H,5,10-17H2,1-4H3,(H,23,24). The molecule has 0 spiro atoms. The Balaban J connectivity index is 1.86. The Kier molecular flexibility index (Phi) is 6.97. The highest BCUT2D eigenvalue weighted by Crippen LogP contribution is 2.36. The van der Waals surface area contributed by atoms with Crippen LogP contribution in [0.1, 0.15) is 39.2 Å². The monoisotopic (exact) mass is 437 g/mol. The van der Waals surface area contributed by atoms with E-state index in [4.69, 9.17) is 14.5 Å². The Hall–Kier alpha value is -1.80. The van der Waals surface area contributed by atoms with Gasteiger partial charge < -0.3 is 19.7 Å². The molecule has 2 aliphatic heterocycles. The predicted octanol–water partition coefficient (Wildman–Crippen LogP) is 2.22. The van der Waals surface area contributed by atoms with Crippen LogP contribution in [0.15, 0.2) is 29.3 Å². The first kappa shape index (κ1) is 22.9. The summed E-state index contributed by atoms with van der Waals surface area (Å²) in [5, 5.41) is 3.37. The van der Waals surface area contributed by atoms with Gasteiger partial charge in [0.05, 0.1) is 24.2 Å². The van der Waals surface area contributed by atoms with E-state index in [0.717, 1.165) is 31.1 Å². The molecular weight excluding hydrogens is 402 g/mol. The van der Waals surface area contributed by atoms with Crippen LogP contribution in [0.3, 0.4) is 0 Å². The average molecular weight is 438 g/mol. The third-order valence-corrected chi connectivity index (χ3v) is 8.89. The van der Waals surface area contributed by atoms with E-state index in [-0.39, 0.29) is 11.2 Å². The number of hydrogen-bond acceptors (Lipinski definition) is 5. The van der Waals surface area contributed by atoms with E-state index in [1.54, 1.807) is 21.0 Å². The second-order valence-corrected chi connectivity index (χ2v) is 11.5. The molecule has 2 saturated heterocycles. The fraction of sp³-hybridized carbons (Fsp3) is 0.682. The molecule has 7 nitrogen and oxygen atoms in total. The first-order valence-corrected chi connectivity index (χ1v) is 12.4. The van der Waals surface area contributed by atoms with Gasteiger partial charge in [-0.05, 0) is 51.3 Å². The molecule has 2 heterocycles. The third-order valence-electron chi connectivity index (χ3n) is 6.36. The van der Waals surface area contributed by atoms with Gasteiger partial charge in [0.25, 0.3) is 0 Å². The van der Waals surface area contributed by atoms with Crippen LogP contribution in [-0.2, 0) is 20.0 Å². The van der Waals surface area contributed by atoms with Crippen molar-refractivity contribution in [2.45, 2.75) is 43.8 Å². The average Bonchev–Trinajstić information content (AvgIpc) is 2.74. The zero-order chi connectivity index (χ0) is 21.8. The maximum atomic E-state index is 12.4. The van der Waals surface area contributed by atoms with Gasteiger partial charge in [0.15, 0.2) is 15.8 Å². The normalized spacial score (nSPS) is 23.1. The fourth-order valence-corrected chi connectivity index (χ4v) is 5.59. The van der Waals surface area contributed by atoms with E-state index in [1.165, 1.54) is 5.56 Å². The Morgan fingerprint density at radius 1 is 1.23 bits per heavy atom. The van der Waals surface area contributed by atoms with Gasteiger partial charge >= 0.3 is 0 Å². The number of nitrogens with one attached hydrogen (secondary N) is 1. The van der Waals surface area contributed by atoms with Crippen LogP contribution in [0.2, 0.25) is 0 Å². The smallest absolute Gasteiger partial charge is 0.194 e. The number of ether oxygens (including phenoxy) is 2. The largest absolute Gasteiger partial charge is 0.497 e. The summed E-state index contributed by atoms with van der Waals surface area (Å²) in [7, 11) is -1.42. The molecule has 1 aromatic carbocycles. The van der Waals surface area contributed by atoms with Crippen molar-refractivity contribution in [2.75, 3.05) is 52.3 Å². The van der Waals surface area contributed by atoms with Crippen LogP contribution in [0.5, 0.6) is 5.75 Å². The lowest BCUT2D eigenvalue weighted by atomic mass is 9.74. The molecule has 0 saturated carbocycles. The highest BCUT2D eigenvalue weighted by molar-refractivity contribution is 7.92. The molecule has 2 fully saturated rings. The van der Waals surface area contributed by atoms with Gasteiger partial charge in [-0.25, -0.2) is 8.42 Å². The number of aliphatic imine (C=N–C) groups is 1. The molecule has 0 radical (unpaired) electrons. The molecule has 0 amide bonds. The third kappa shape index (κ3) is 4.75. The van der Waals surface area contributed by atoms with Crippen molar-refractivity contribution in [3.05, 3.63) is 29.8 Å². The van der Waals surface area contributed by atoms with E-state index in [1.807, 2.05) is 19.1 Å². The summed E-state index contributed by atoms with van der Waals surface area (Å²) in [6, 6.07) is 8.26. The molecule has 1 N–H and O–H groups in total. The van der Waals surface area contributed by atoms with Gasteiger partial charge in [-0.15, -0.1) is 0 Å². The Morgan fingerprint density at radius 2 is 1.90 bits per heavy atom. The lowest BCUT2D eigenvalue weighted by Crippen LogP contribution is -2.57. The number of sulfone groups is 1. The molecule has 0 bridgehead atoms. The van der Waals surface area contributed by atoms with Crippen molar-refractivity contribution in [2.24, 2.45) is 4.99 Å². The number of nitrogens with zero attached hydrogens (tertiary/aromatic N) is 2. The topological polar surface area (TPSA) is 80.2 Å². The van der Waals surface area contributed by atoms with E-state index < -0.39 is 14.6 Å². The molecule has 0 aliphatic carbocycles. The van der Waals surface area contributed by atoms with Gasteiger partial charge in [-0.1, -0.05) is 12.1 Å². The van der Waals surface area contributed by atoms with Crippen LogP contribution in [0, 0.1) is 0 Å². The van der Waals surface area contributed by atoms with Crippen LogP contribution in [-0.4, -0.2) is 76.3 Å². The van der Waals surface area contributed by atoms with Crippen molar-refractivity contribution < 1.29 is 17.9 Å². The van der Waals surface area contributed by atoms with E-state index in [2.05, 4.69) is 22.3 Å². The molecule has 0 aromatic heterocycles. The summed E-state index contributed by atoms with van der Waals surface area (Å²) in [5.74, 6) is 1.79. The predicted molar refractivity (Wildman–Crippen MR) is 120 cm³/mol. The fourth-order valence-electron chi connectivity index (χ4n) is 4.22. The molecular formula is C22H35N3O4S. The maximum Gasteiger partial charge on any atom is 0.194 e. The summed E-state index contributed by atoms with van der Waals surface area (Å²) in [4.78, 5) is 7.10. The van der Waals surface area contributed by atoms with Gasteiger partial charge in [0.2, 0.25) is 0 Å². The SMILES string of the molecule is CCNC(=NCC1(c2ccc(OC)cc2)CCOCC1)N1CCS(=O)(=O)C(C)(C)C1. The lowest BCUT2D eigenvalue weighted by Gasteiger charge is -2.40. The van der Waals surface area contributed by atoms with Crippen LogP contribution in [0.4, 0.5) is 0 Å². The molecule has 2 aliphatic rings. The summed E-state index contributed by atoms with van der Waals surface area (Å²) in [6.07, 6.45) is 1.81. The van der Waals surface area contributed by atoms with Gasteiger partial charge in [-0.2, -0.15) is 0 Å². The number of methoxy groups -OCH3 is 1. The summed E-state index contributed by atoms with van der Waals surface area (Å²) < 4.78 is 35.0. The molecule has 0 unspecified atom stereocenters. The number of rotatable bonds is 5. The summed E-state index contributed by atoms with van der Waals surface area (Å²) in [6.45, 7) is 9.35. The van der Waals surface area contributed by atoms with Crippen LogP contribution >= 0.6 is 0 Å². The molecule has 3 rings (SSSR count). The van der Waals surface area contributed by atoms with Gasteiger partial charge in [-0.3, -0.25) is 4.99 Å². The van der Waals surface area contributed by atoms with Crippen molar-refractivity contribution in [3.63, 3.8) is 0 Å². The number of benzene rings is 1. The Morgan fingerprint density at radius 3 is 2.47 bits per heavy atom. The minimum Gasteiger partial charge on any atom is -0.497 e. The molecule has 0 atom stereocenters. The van der Waals surface area contributed by atoms with Crippen LogP contribution in [0.25, 0.3) is 0 Å². The van der Waals surface area contributed by atoms with Crippen molar-refractivity contribution >= 4 is 15.8 Å². The van der Waals surface area contributed by atoms with Gasteiger partial charge in [0, 0.05) is 38.3 Å². The second-order valence-electron chi connectivity index (χ2n) is 8.79. The van der Waals surface area contributed by atoms with E-state index in [0.29, 0.717) is 32.8 Å². The van der Waals surface area contributed by atoms with Crippen molar-refractivity contribution in [1.29, 1.82) is 0 Å². The van der Waals surface area contributed by atoms with Crippen molar-refractivity contribution in [3.8, 4) is 5.75 Å². The first-order valence-electron chi connectivity index (χ1n) is 10.7. The molecule has 168 valence electrons. The van der Waals surface area contributed by atoms with E-state index in [9.17, 15) is 8.42 Å². The quantitative estimate of drug-likeness (QED) is 0.562. The van der Waals surface area contributed by atoms with Crippen molar-refractivity contribution in [1.82, 2.24) is 10.2 Å². The Labute approximate surface area is 180 Å². The van der Waals surface area contributed by atoms with Gasteiger partial charge in [0.1, 0.15) is 5.75 Å².